The lowest BCUT2D eigenvalue weighted by Crippen LogP contribution is -1.99. The quantitative estimate of drug-likeness (QED) is 0.755. The smallest absolute Gasteiger partial charge is 0.156 e. The molecule has 0 bridgehead atoms. The monoisotopic (exact) mass is 300 g/mol. The van der Waals surface area contributed by atoms with Crippen LogP contribution in [0, 0.1) is 17.5 Å². The summed E-state index contributed by atoms with van der Waals surface area (Å²) in [5.41, 5.74) is 2.00. The normalized spacial score (nSPS) is 10.5. The van der Waals surface area contributed by atoms with E-state index in [0.29, 0.717) is 0 Å². The lowest BCUT2D eigenvalue weighted by molar-refractivity contribution is 0.924. The maximum Gasteiger partial charge on any atom is 0.156 e. The highest BCUT2D eigenvalue weighted by molar-refractivity contribution is 14.1. The van der Waals surface area contributed by atoms with E-state index in [9.17, 15) is 0 Å². The minimum Gasteiger partial charge on any atom is -0.285 e. The number of imidazole rings is 1. The highest BCUT2D eigenvalue weighted by atomic mass is 127. The molecule has 0 aromatic carbocycles. The van der Waals surface area contributed by atoms with Gasteiger partial charge in [0.2, 0.25) is 0 Å². The van der Waals surface area contributed by atoms with Crippen LogP contribution in [0.25, 0.3) is 5.82 Å². The molecule has 2 heterocycles. The van der Waals surface area contributed by atoms with Gasteiger partial charge in [0.15, 0.2) is 5.82 Å². The van der Waals surface area contributed by atoms with E-state index in [1.165, 1.54) is 0 Å². The SMILES string of the molecule is Cc1cnc(-n2cnc(I)c2C)cn1. The van der Waals surface area contributed by atoms with E-state index in [2.05, 4.69) is 37.5 Å². The van der Waals surface area contributed by atoms with E-state index in [1.54, 1.807) is 18.7 Å². The number of halogens is 1. The molecule has 72 valence electrons. The molecule has 0 aliphatic rings. The Hall–Kier alpha value is -0.980. The molecular formula is C9H9IN4. The fourth-order valence-corrected chi connectivity index (χ4v) is 1.51. The number of nitrogens with zero attached hydrogens (tertiary/aromatic N) is 4. The van der Waals surface area contributed by atoms with Gasteiger partial charge < -0.3 is 0 Å². The van der Waals surface area contributed by atoms with E-state index < -0.39 is 0 Å². The second-order valence-electron chi connectivity index (χ2n) is 3.01. The van der Waals surface area contributed by atoms with Crippen molar-refractivity contribution in [3.8, 4) is 5.82 Å². The number of hydrogen-bond acceptors (Lipinski definition) is 3. The first-order valence-electron chi connectivity index (χ1n) is 4.17. The summed E-state index contributed by atoms with van der Waals surface area (Å²) in [6.07, 6.45) is 5.26. The van der Waals surface area contributed by atoms with Crippen molar-refractivity contribution in [1.82, 2.24) is 19.5 Å². The minimum absolute atomic E-state index is 0.809. The van der Waals surface area contributed by atoms with Crippen LogP contribution in [-0.2, 0) is 0 Å². The van der Waals surface area contributed by atoms with E-state index >= 15 is 0 Å². The Morgan fingerprint density at radius 1 is 1.14 bits per heavy atom. The van der Waals surface area contributed by atoms with Gasteiger partial charge in [-0.1, -0.05) is 0 Å². The Labute approximate surface area is 95.6 Å². The molecule has 0 N–H and O–H groups in total. The third-order valence-corrected chi connectivity index (χ3v) is 3.02. The third-order valence-electron chi connectivity index (χ3n) is 1.96. The summed E-state index contributed by atoms with van der Waals surface area (Å²) in [7, 11) is 0. The molecule has 0 amide bonds. The fraction of sp³-hybridized carbons (Fsp3) is 0.222. The van der Waals surface area contributed by atoms with Crippen LogP contribution in [0.5, 0.6) is 0 Å². The molecule has 0 radical (unpaired) electrons. The first kappa shape index (κ1) is 9.57. The third kappa shape index (κ3) is 1.63. The standard InChI is InChI=1S/C9H9IN4/c1-6-3-12-8(4-11-6)14-5-13-9(10)7(14)2/h3-5H,1-2H3. The first-order chi connectivity index (χ1) is 6.68. The molecule has 0 saturated carbocycles. The Kier molecular flexibility index (Phi) is 2.49. The van der Waals surface area contributed by atoms with Gasteiger partial charge in [-0.25, -0.2) is 9.97 Å². The number of rotatable bonds is 1. The molecule has 2 aromatic rings. The zero-order chi connectivity index (χ0) is 10.1. The number of aromatic nitrogens is 4. The summed E-state index contributed by atoms with van der Waals surface area (Å²) in [6.45, 7) is 3.93. The maximum atomic E-state index is 4.28. The molecule has 0 unspecified atom stereocenters. The molecular weight excluding hydrogens is 291 g/mol. The van der Waals surface area contributed by atoms with Gasteiger partial charge in [-0.2, -0.15) is 0 Å². The zero-order valence-electron chi connectivity index (χ0n) is 7.90. The molecule has 2 aromatic heterocycles. The van der Waals surface area contributed by atoms with Crippen LogP contribution in [0.4, 0.5) is 0 Å². The van der Waals surface area contributed by atoms with Crippen molar-refractivity contribution < 1.29 is 0 Å². The summed E-state index contributed by atoms with van der Waals surface area (Å²) < 4.78 is 2.92. The Balaban J connectivity index is 2.49. The van der Waals surface area contributed by atoms with E-state index in [-0.39, 0.29) is 0 Å². The number of aryl methyl sites for hydroxylation is 1. The highest BCUT2D eigenvalue weighted by Crippen LogP contribution is 2.12. The summed E-state index contributed by atoms with van der Waals surface area (Å²) in [6, 6.07) is 0. The average molecular weight is 300 g/mol. The maximum absolute atomic E-state index is 4.28. The molecule has 0 fully saturated rings. The molecule has 0 aliphatic carbocycles. The van der Waals surface area contributed by atoms with Crippen LogP contribution in [0.1, 0.15) is 11.4 Å². The molecule has 2 rings (SSSR count). The van der Waals surface area contributed by atoms with Crippen molar-refractivity contribution >= 4 is 22.6 Å². The summed E-state index contributed by atoms with van der Waals surface area (Å²) in [5, 5.41) is 0. The van der Waals surface area contributed by atoms with Crippen molar-refractivity contribution in [3.05, 3.63) is 33.8 Å². The highest BCUT2D eigenvalue weighted by Gasteiger charge is 2.05. The van der Waals surface area contributed by atoms with E-state index in [1.807, 2.05) is 18.4 Å². The van der Waals surface area contributed by atoms with Gasteiger partial charge in [-0.15, -0.1) is 0 Å². The van der Waals surface area contributed by atoms with Crippen LogP contribution >= 0.6 is 22.6 Å². The van der Waals surface area contributed by atoms with E-state index in [4.69, 9.17) is 0 Å². The molecule has 0 aliphatic heterocycles. The van der Waals surface area contributed by atoms with Gasteiger partial charge in [0.05, 0.1) is 23.8 Å². The zero-order valence-corrected chi connectivity index (χ0v) is 10.1. The second-order valence-corrected chi connectivity index (χ2v) is 4.03. The van der Waals surface area contributed by atoms with Gasteiger partial charge in [-0.3, -0.25) is 9.55 Å². The lowest BCUT2D eigenvalue weighted by Gasteiger charge is -2.02. The fourth-order valence-electron chi connectivity index (χ4n) is 1.13. The van der Waals surface area contributed by atoms with Crippen molar-refractivity contribution in [1.29, 1.82) is 0 Å². The molecule has 0 saturated heterocycles. The van der Waals surface area contributed by atoms with Gasteiger partial charge in [0.25, 0.3) is 0 Å². The predicted molar refractivity (Wildman–Crippen MR) is 61.3 cm³/mol. The van der Waals surface area contributed by atoms with Crippen molar-refractivity contribution in [2.24, 2.45) is 0 Å². The molecule has 14 heavy (non-hydrogen) atoms. The average Bonchev–Trinajstić information content (AvgIpc) is 2.50. The van der Waals surface area contributed by atoms with Crippen LogP contribution in [0.3, 0.4) is 0 Å². The van der Waals surface area contributed by atoms with Crippen LogP contribution in [0.2, 0.25) is 0 Å². The Morgan fingerprint density at radius 3 is 2.43 bits per heavy atom. The van der Waals surface area contributed by atoms with Gasteiger partial charge >= 0.3 is 0 Å². The molecule has 0 atom stereocenters. The topological polar surface area (TPSA) is 43.6 Å². The van der Waals surface area contributed by atoms with Gasteiger partial charge in [0, 0.05) is 0 Å². The summed E-state index contributed by atoms with van der Waals surface area (Å²) in [4.78, 5) is 12.7. The van der Waals surface area contributed by atoms with Crippen molar-refractivity contribution in [2.45, 2.75) is 13.8 Å². The van der Waals surface area contributed by atoms with Crippen LogP contribution < -0.4 is 0 Å². The van der Waals surface area contributed by atoms with Gasteiger partial charge in [-0.05, 0) is 36.4 Å². The summed E-state index contributed by atoms with van der Waals surface area (Å²) in [5.74, 6) is 0.809. The van der Waals surface area contributed by atoms with E-state index in [0.717, 1.165) is 20.9 Å². The Bertz CT molecular complexity index is 446. The lowest BCUT2D eigenvalue weighted by atomic mass is 10.5. The largest absolute Gasteiger partial charge is 0.285 e. The predicted octanol–water partition coefficient (Wildman–Crippen LogP) is 1.88. The van der Waals surface area contributed by atoms with Crippen molar-refractivity contribution in [2.75, 3.05) is 0 Å². The molecule has 0 spiro atoms. The molecule has 4 nitrogen and oxygen atoms in total. The second kappa shape index (κ2) is 3.64. The first-order valence-corrected chi connectivity index (χ1v) is 5.25. The van der Waals surface area contributed by atoms with Crippen LogP contribution in [-0.4, -0.2) is 19.5 Å². The summed E-state index contributed by atoms with van der Waals surface area (Å²) >= 11 is 2.20. The number of hydrogen-bond donors (Lipinski definition) is 0. The minimum atomic E-state index is 0.809. The van der Waals surface area contributed by atoms with Crippen LogP contribution in [0.15, 0.2) is 18.7 Å². The van der Waals surface area contributed by atoms with Crippen molar-refractivity contribution in [3.63, 3.8) is 0 Å². The molecule has 5 heteroatoms. The Morgan fingerprint density at radius 2 is 1.93 bits per heavy atom. The van der Waals surface area contributed by atoms with Gasteiger partial charge in [0.1, 0.15) is 10.0 Å².